The topological polar surface area (TPSA) is 81.2 Å². The van der Waals surface area contributed by atoms with Gasteiger partial charge in [-0.25, -0.2) is 4.98 Å². The molecule has 0 spiro atoms. The summed E-state index contributed by atoms with van der Waals surface area (Å²) in [4.78, 5) is 14.1. The van der Waals surface area contributed by atoms with Gasteiger partial charge in [-0.2, -0.15) is 4.39 Å². The van der Waals surface area contributed by atoms with Gasteiger partial charge in [-0.3, -0.25) is 10.1 Å². The molecule has 2 rings (SSSR count). The van der Waals surface area contributed by atoms with Crippen LogP contribution in [0.5, 0.6) is 0 Å². The molecule has 0 aliphatic carbocycles. The molecule has 6 nitrogen and oxygen atoms in total. The first-order valence-electron chi connectivity index (χ1n) is 5.61. The summed E-state index contributed by atoms with van der Waals surface area (Å²) >= 11 is 0. The Morgan fingerprint density at radius 1 is 1.53 bits per heavy atom. The molecule has 0 aliphatic rings. The van der Waals surface area contributed by atoms with Crippen LogP contribution in [0.1, 0.15) is 24.6 Å². The summed E-state index contributed by atoms with van der Waals surface area (Å²) in [6.45, 7) is 3.47. The normalized spacial score (nSPS) is 12.2. The lowest BCUT2D eigenvalue weighted by molar-refractivity contribution is -0.386. The van der Waals surface area contributed by atoms with Crippen molar-refractivity contribution < 1.29 is 13.7 Å². The van der Waals surface area contributed by atoms with E-state index in [2.05, 4.69) is 10.3 Å². The summed E-state index contributed by atoms with van der Waals surface area (Å²) in [6.07, 6.45) is 1.55. The number of hydrogen-bond acceptors (Lipinski definition) is 5. The molecular formula is C12H12FN3O3. The van der Waals surface area contributed by atoms with E-state index in [1.165, 1.54) is 12.1 Å². The van der Waals surface area contributed by atoms with Gasteiger partial charge >= 0.3 is 5.69 Å². The van der Waals surface area contributed by atoms with Gasteiger partial charge in [-0.05, 0) is 26.0 Å². The van der Waals surface area contributed by atoms with Crippen LogP contribution in [0.2, 0.25) is 0 Å². The molecule has 19 heavy (non-hydrogen) atoms. The van der Waals surface area contributed by atoms with Gasteiger partial charge in [0.25, 0.3) is 0 Å². The molecule has 0 bridgehead atoms. The van der Waals surface area contributed by atoms with Gasteiger partial charge in [0.05, 0.1) is 11.1 Å². The first kappa shape index (κ1) is 13.0. The van der Waals surface area contributed by atoms with Gasteiger partial charge in [-0.1, -0.05) is 6.07 Å². The van der Waals surface area contributed by atoms with E-state index < -0.39 is 22.5 Å². The van der Waals surface area contributed by atoms with Crippen LogP contribution in [-0.4, -0.2) is 9.91 Å². The molecule has 1 N–H and O–H groups in total. The second kappa shape index (κ2) is 5.05. The van der Waals surface area contributed by atoms with E-state index in [-0.39, 0.29) is 5.69 Å². The smallest absolute Gasteiger partial charge is 0.327 e. The fourth-order valence-electron chi connectivity index (χ4n) is 1.68. The summed E-state index contributed by atoms with van der Waals surface area (Å²) in [6, 6.07) is 3.48. The van der Waals surface area contributed by atoms with Gasteiger partial charge in [0.1, 0.15) is 17.5 Å². The van der Waals surface area contributed by atoms with Crippen molar-refractivity contribution in [2.75, 3.05) is 5.32 Å². The Kier molecular flexibility index (Phi) is 3.46. The average Bonchev–Trinajstić information content (AvgIpc) is 2.75. The van der Waals surface area contributed by atoms with E-state index >= 15 is 0 Å². The zero-order valence-electron chi connectivity index (χ0n) is 10.4. The Bertz CT molecular complexity index is 612. The Hall–Kier alpha value is -2.44. The monoisotopic (exact) mass is 265 g/mol. The standard InChI is InChI=1S/C12H12FN3O3/c1-7-6-14-12(19-7)8(2)15-10-5-3-4-9(13)11(10)16(17)18/h3-6,8,15H,1-2H3. The maximum atomic E-state index is 13.4. The van der Waals surface area contributed by atoms with E-state index in [1.807, 2.05) is 0 Å². The zero-order chi connectivity index (χ0) is 14.0. The number of para-hydroxylation sites is 1. The number of aromatic nitrogens is 1. The molecule has 0 saturated heterocycles. The second-order valence-electron chi connectivity index (χ2n) is 4.07. The Labute approximate surface area is 108 Å². The van der Waals surface area contributed by atoms with Crippen molar-refractivity contribution in [3.8, 4) is 0 Å². The predicted molar refractivity (Wildman–Crippen MR) is 66.3 cm³/mol. The highest BCUT2D eigenvalue weighted by Crippen LogP contribution is 2.30. The summed E-state index contributed by atoms with van der Waals surface area (Å²) in [7, 11) is 0. The molecule has 1 aromatic carbocycles. The van der Waals surface area contributed by atoms with E-state index in [0.29, 0.717) is 11.7 Å². The fraction of sp³-hybridized carbons (Fsp3) is 0.250. The van der Waals surface area contributed by atoms with Gasteiger partial charge in [0.15, 0.2) is 0 Å². The summed E-state index contributed by atoms with van der Waals surface area (Å²) < 4.78 is 18.7. The minimum atomic E-state index is -0.884. The molecule has 1 heterocycles. The number of halogens is 1. The van der Waals surface area contributed by atoms with Crippen LogP contribution in [0.15, 0.2) is 28.8 Å². The van der Waals surface area contributed by atoms with Crippen molar-refractivity contribution in [3.63, 3.8) is 0 Å². The maximum absolute atomic E-state index is 13.4. The second-order valence-corrected chi connectivity index (χ2v) is 4.07. The molecule has 2 aromatic rings. The van der Waals surface area contributed by atoms with Crippen LogP contribution in [0, 0.1) is 22.9 Å². The van der Waals surface area contributed by atoms with Crippen molar-refractivity contribution in [1.82, 2.24) is 4.98 Å². The largest absolute Gasteiger partial charge is 0.444 e. The summed E-state index contributed by atoms with van der Waals surface area (Å²) in [5, 5.41) is 13.7. The van der Waals surface area contributed by atoms with E-state index in [4.69, 9.17) is 4.42 Å². The zero-order valence-corrected chi connectivity index (χ0v) is 10.4. The van der Waals surface area contributed by atoms with Crippen molar-refractivity contribution in [1.29, 1.82) is 0 Å². The number of oxazole rings is 1. The van der Waals surface area contributed by atoms with Crippen molar-refractivity contribution >= 4 is 11.4 Å². The molecule has 1 unspecified atom stereocenters. The van der Waals surface area contributed by atoms with Crippen molar-refractivity contribution in [2.45, 2.75) is 19.9 Å². The minimum absolute atomic E-state index is 0.0911. The summed E-state index contributed by atoms with van der Waals surface area (Å²) in [5.41, 5.74) is -0.494. The lowest BCUT2D eigenvalue weighted by atomic mass is 10.2. The van der Waals surface area contributed by atoms with Gasteiger partial charge in [0.2, 0.25) is 11.7 Å². The predicted octanol–water partition coefficient (Wildman–Crippen LogP) is 3.20. The Balaban J connectivity index is 2.28. The van der Waals surface area contributed by atoms with Crippen molar-refractivity contribution in [3.05, 3.63) is 52.0 Å². The number of anilines is 1. The maximum Gasteiger partial charge on any atom is 0.327 e. The highest BCUT2D eigenvalue weighted by molar-refractivity contribution is 5.62. The number of nitro groups is 1. The molecule has 1 atom stereocenters. The summed E-state index contributed by atoms with van der Waals surface area (Å²) in [5.74, 6) is 0.138. The quantitative estimate of drug-likeness (QED) is 0.678. The SMILES string of the molecule is Cc1cnc(C(C)Nc2cccc(F)c2[N+](=O)[O-])o1. The fourth-order valence-corrected chi connectivity index (χ4v) is 1.68. The number of rotatable bonds is 4. The van der Waals surface area contributed by atoms with Crippen LogP contribution in [-0.2, 0) is 0 Å². The molecular weight excluding hydrogens is 253 g/mol. The molecule has 0 saturated carbocycles. The Morgan fingerprint density at radius 3 is 2.84 bits per heavy atom. The molecule has 0 fully saturated rings. The minimum Gasteiger partial charge on any atom is -0.444 e. The third kappa shape index (κ3) is 2.70. The number of nitrogens with zero attached hydrogens (tertiary/aromatic N) is 2. The molecule has 0 amide bonds. The third-order valence-corrected chi connectivity index (χ3v) is 2.55. The molecule has 0 radical (unpaired) electrons. The lowest BCUT2D eigenvalue weighted by Crippen LogP contribution is -2.09. The first-order valence-corrected chi connectivity index (χ1v) is 5.61. The number of benzene rings is 1. The highest BCUT2D eigenvalue weighted by atomic mass is 19.1. The molecule has 100 valence electrons. The number of nitrogens with one attached hydrogen (secondary N) is 1. The van der Waals surface area contributed by atoms with Gasteiger partial charge < -0.3 is 9.73 Å². The van der Waals surface area contributed by atoms with Gasteiger partial charge in [0, 0.05) is 0 Å². The van der Waals surface area contributed by atoms with Crippen LogP contribution in [0.3, 0.4) is 0 Å². The molecule has 1 aromatic heterocycles. The molecule has 0 aliphatic heterocycles. The molecule has 7 heteroatoms. The van der Waals surface area contributed by atoms with Crippen LogP contribution in [0.4, 0.5) is 15.8 Å². The van der Waals surface area contributed by atoms with E-state index in [9.17, 15) is 14.5 Å². The van der Waals surface area contributed by atoms with E-state index in [0.717, 1.165) is 6.07 Å². The van der Waals surface area contributed by atoms with Crippen LogP contribution in [0.25, 0.3) is 0 Å². The number of nitro benzene ring substituents is 1. The highest BCUT2D eigenvalue weighted by Gasteiger charge is 2.22. The van der Waals surface area contributed by atoms with Crippen molar-refractivity contribution in [2.24, 2.45) is 0 Å². The first-order chi connectivity index (χ1) is 8.99. The number of aryl methyl sites for hydroxylation is 1. The lowest BCUT2D eigenvalue weighted by Gasteiger charge is -2.12. The van der Waals surface area contributed by atoms with Gasteiger partial charge in [-0.15, -0.1) is 0 Å². The van der Waals surface area contributed by atoms with Crippen LogP contribution < -0.4 is 5.32 Å². The third-order valence-electron chi connectivity index (χ3n) is 2.55. The van der Waals surface area contributed by atoms with Crippen LogP contribution >= 0.6 is 0 Å². The average molecular weight is 265 g/mol. The number of hydrogen-bond donors (Lipinski definition) is 1. The van der Waals surface area contributed by atoms with E-state index in [1.54, 1.807) is 20.0 Å². The Morgan fingerprint density at radius 2 is 2.26 bits per heavy atom.